The van der Waals surface area contributed by atoms with E-state index in [1.165, 1.54) is 4.40 Å². The van der Waals surface area contributed by atoms with Crippen molar-refractivity contribution in [3.8, 4) is 11.1 Å². The number of nitrogens with zero attached hydrogens (tertiary/aromatic N) is 2. The van der Waals surface area contributed by atoms with Gasteiger partial charge in [-0.1, -0.05) is 54.6 Å². The number of benzene rings is 2. The monoisotopic (exact) mass is 399 g/mol. The normalized spacial score (nSPS) is 12.4. The Hall–Kier alpha value is -4.13. The van der Waals surface area contributed by atoms with E-state index in [4.69, 9.17) is 4.74 Å². The number of aromatic nitrogens is 2. The standard InChI is InChI=1S/C23H17N3O4/c27-22(28)20-21(24-19-11-5-6-12-26(19)20)25-23(29)30-13-18-16-9-3-1-7-14(16)15-8-2-4-10-17(15)18/h1-12,18H,13H2,(H,25,29)(H,27,28). The maximum absolute atomic E-state index is 12.5. The molecule has 0 atom stereocenters. The topological polar surface area (TPSA) is 92.9 Å². The molecule has 2 heterocycles. The maximum atomic E-state index is 12.5. The smallest absolute Gasteiger partial charge is 0.412 e. The summed E-state index contributed by atoms with van der Waals surface area (Å²) in [6, 6.07) is 21.2. The van der Waals surface area contributed by atoms with Gasteiger partial charge in [-0.15, -0.1) is 0 Å². The molecule has 2 N–H and O–H groups in total. The fourth-order valence-corrected chi connectivity index (χ4v) is 4.02. The van der Waals surface area contributed by atoms with Gasteiger partial charge >= 0.3 is 12.1 Å². The van der Waals surface area contributed by atoms with Gasteiger partial charge in [0.05, 0.1) is 0 Å². The Kier molecular flexibility index (Phi) is 4.21. The molecule has 2 aromatic heterocycles. The third-order valence-corrected chi connectivity index (χ3v) is 5.30. The molecule has 0 unspecified atom stereocenters. The summed E-state index contributed by atoms with van der Waals surface area (Å²) in [7, 11) is 0. The van der Waals surface area contributed by atoms with Gasteiger partial charge in [-0.25, -0.2) is 14.6 Å². The number of anilines is 1. The van der Waals surface area contributed by atoms with Crippen LogP contribution in [0.1, 0.15) is 27.5 Å². The largest absolute Gasteiger partial charge is 0.476 e. The van der Waals surface area contributed by atoms with Gasteiger partial charge in [0, 0.05) is 12.1 Å². The lowest BCUT2D eigenvalue weighted by atomic mass is 9.98. The van der Waals surface area contributed by atoms with Crippen LogP contribution in [0.4, 0.5) is 10.6 Å². The van der Waals surface area contributed by atoms with E-state index in [2.05, 4.69) is 22.4 Å². The van der Waals surface area contributed by atoms with E-state index < -0.39 is 12.1 Å². The summed E-state index contributed by atoms with van der Waals surface area (Å²) < 4.78 is 6.89. The first-order valence-electron chi connectivity index (χ1n) is 9.46. The van der Waals surface area contributed by atoms with Crippen molar-refractivity contribution in [3.05, 3.63) is 89.7 Å². The Morgan fingerprint density at radius 1 is 0.967 bits per heavy atom. The third-order valence-electron chi connectivity index (χ3n) is 5.30. The van der Waals surface area contributed by atoms with Gasteiger partial charge in [0.15, 0.2) is 11.5 Å². The van der Waals surface area contributed by atoms with Gasteiger partial charge in [0.25, 0.3) is 0 Å². The molecule has 2 aromatic carbocycles. The van der Waals surface area contributed by atoms with Gasteiger partial charge < -0.3 is 9.84 Å². The number of ether oxygens (including phenoxy) is 1. The third kappa shape index (κ3) is 2.88. The average Bonchev–Trinajstić information content (AvgIpc) is 3.27. The van der Waals surface area contributed by atoms with E-state index in [0.29, 0.717) is 5.65 Å². The molecule has 5 rings (SSSR count). The van der Waals surface area contributed by atoms with Crippen LogP contribution in [0.5, 0.6) is 0 Å². The number of imidazole rings is 1. The second-order valence-corrected chi connectivity index (χ2v) is 6.99. The number of aromatic carboxylic acids is 1. The Labute approximate surface area is 171 Å². The van der Waals surface area contributed by atoms with E-state index in [-0.39, 0.29) is 24.0 Å². The minimum absolute atomic E-state index is 0.0501. The van der Waals surface area contributed by atoms with Crippen molar-refractivity contribution in [2.24, 2.45) is 0 Å². The number of hydrogen-bond donors (Lipinski definition) is 2. The first-order chi connectivity index (χ1) is 14.6. The maximum Gasteiger partial charge on any atom is 0.412 e. The van der Waals surface area contributed by atoms with Crippen LogP contribution in [-0.2, 0) is 4.74 Å². The molecule has 4 aromatic rings. The Morgan fingerprint density at radius 2 is 1.60 bits per heavy atom. The molecule has 0 spiro atoms. The molecule has 0 bridgehead atoms. The fraction of sp³-hybridized carbons (Fsp3) is 0.0870. The second-order valence-electron chi connectivity index (χ2n) is 6.99. The fourth-order valence-electron chi connectivity index (χ4n) is 4.02. The molecule has 30 heavy (non-hydrogen) atoms. The number of carbonyl (C=O) groups excluding carboxylic acids is 1. The quantitative estimate of drug-likeness (QED) is 0.531. The van der Waals surface area contributed by atoms with E-state index in [1.807, 2.05) is 36.4 Å². The van der Waals surface area contributed by atoms with Crippen LogP contribution < -0.4 is 5.32 Å². The van der Waals surface area contributed by atoms with Gasteiger partial charge in [-0.3, -0.25) is 9.72 Å². The lowest BCUT2D eigenvalue weighted by Gasteiger charge is -2.14. The number of nitrogens with one attached hydrogen (secondary N) is 1. The van der Waals surface area contributed by atoms with E-state index in [0.717, 1.165) is 22.3 Å². The molecule has 1 aliphatic rings. The number of carboxylic acids is 1. The predicted molar refractivity (Wildman–Crippen MR) is 111 cm³/mol. The Morgan fingerprint density at radius 3 is 2.27 bits per heavy atom. The summed E-state index contributed by atoms with van der Waals surface area (Å²) >= 11 is 0. The van der Waals surface area contributed by atoms with Gasteiger partial charge in [0.1, 0.15) is 12.3 Å². The van der Waals surface area contributed by atoms with Crippen molar-refractivity contribution < 1.29 is 19.4 Å². The summed E-state index contributed by atoms with van der Waals surface area (Å²) in [5.74, 6) is -1.32. The van der Waals surface area contributed by atoms with Crippen LogP contribution in [-0.4, -0.2) is 33.2 Å². The number of carboxylic acid groups (broad SMARTS) is 1. The number of rotatable bonds is 4. The second kappa shape index (κ2) is 7.04. The van der Waals surface area contributed by atoms with Crippen molar-refractivity contribution >= 4 is 23.5 Å². The molecule has 0 radical (unpaired) electrons. The highest BCUT2D eigenvalue weighted by molar-refractivity contribution is 5.97. The average molecular weight is 399 g/mol. The molecule has 0 aliphatic heterocycles. The van der Waals surface area contributed by atoms with Crippen LogP contribution in [0.2, 0.25) is 0 Å². The summed E-state index contributed by atoms with van der Waals surface area (Å²) in [4.78, 5) is 28.3. The minimum Gasteiger partial charge on any atom is -0.476 e. The van der Waals surface area contributed by atoms with Crippen LogP contribution in [0.15, 0.2) is 72.9 Å². The van der Waals surface area contributed by atoms with Gasteiger partial charge in [0.2, 0.25) is 0 Å². The van der Waals surface area contributed by atoms with Gasteiger partial charge in [-0.05, 0) is 34.4 Å². The zero-order valence-corrected chi connectivity index (χ0v) is 15.8. The number of carbonyl (C=O) groups is 2. The molecule has 0 saturated heterocycles. The van der Waals surface area contributed by atoms with Crippen molar-refractivity contribution in [2.45, 2.75) is 5.92 Å². The molecule has 1 aliphatic carbocycles. The highest BCUT2D eigenvalue weighted by atomic mass is 16.5. The number of pyridine rings is 1. The molecular weight excluding hydrogens is 382 g/mol. The van der Waals surface area contributed by atoms with Crippen LogP contribution in [0, 0.1) is 0 Å². The van der Waals surface area contributed by atoms with Crippen LogP contribution in [0.25, 0.3) is 16.8 Å². The molecular formula is C23H17N3O4. The lowest BCUT2D eigenvalue weighted by Crippen LogP contribution is -2.19. The van der Waals surface area contributed by atoms with E-state index in [9.17, 15) is 14.7 Å². The lowest BCUT2D eigenvalue weighted by molar-refractivity contribution is 0.0690. The predicted octanol–water partition coefficient (Wildman–Crippen LogP) is 4.39. The number of hydrogen-bond acceptors (Lipinski definition) is 4. The minimum atomic E-state index is -1.19. The first-order valence-corrected chi connectivity index (χ1v) is 9.46. The molecule has 0 saturated carbocycles. The summed E-state index contributed by atoms with van der Waals surface area (Å²) in [6.07, 6.45) is 0.831. The van der Waals surface area contributed by atoms with Crippen molar-refractivity contribution in [2.75, 3.05) is 11.9 Å². The highest BCUT2D eigenvalue weighted by Gasteiger charge is 2.29. The van der Waals surface area contributed by atoms with Crippen molar-refractivity contribution in [1.82, 2.24) is 9.38 Å². The van der Waals surface area contributed by atoms with E-state index in [1.54, 1.807) is 24.4 Å². The van der Waals surface area contributed by atoms with Crippen molar-refractivity contribution in [3.63, 3.8) is 0 Å². The molecule has 148 valence electrons. The molecule has 0 fully saturated rings. The highest BCUT2D eigenvalue weighted by Crippen LogP contribution is 2.44. The number of fused-ring (bicyclic) bond motifs is 4. The molecule has 7 nitrogen and oxygen atoms in total. The number of amides is 1. The van der Waals surface area contributed by atoms with Crippen LogP contribution in [0.3, 0.4) is 0 Å². The van der Waals surface area contributed by atoms with E-state index >= 15 is 0 Å². The van der Waals surface area contributed by atoms with Crippen LogP contribution >= 0.6 is 0 Å². The summed E-state index contributed by atoms with van der Waals surface area (Å²) in [5.41, 5.74) is 4.77. The zero-order chi connectivity index (χ0) is 20.7. The van der Waals surface area contributed by atoms with Crippen molar-refractivity contribution in [1.29, 1.82) is 0 Å². The molecule has 1 amide bonds. The van der Waals surface area contributed by atoms with Gasteiger partial charge in [-0.2, -0.15) is 0 Å². The Bertz CT molecular complexity index is 1250. The summed E-state index contributed by atoms with van der Waals surface area (Å²) in [6.45, 7) is 0.135. The SMILES string of the molecule is O=C(Nc1nc2ccccn2c1C(=O)O)OCC1c2ccccc2-c2ccccc21. The molecule has 7 heteroatoms. The summed E-state index contributed by atoms with van der Waals surface area (Å²) in [5, 5.41) is 12.0. The zero-order valence-electron chi connectivity index (χ0n) is 15.8. The Balaban J connectivity index is 1.37. The first kappa shape index (κ1) is 17.9.